The lowest BCUT2D eigenvalue weighted by Crippen LogP contribution is -2.13. The first-order chi connectivity index (χ1) is 5.76. The molecule has 0 aromatic rings. The minimum atomic E-state index is -0.568. The molecule has 0 saturated carbocycles. The van der Waals surface area contributed by atoms with E-state index in [9.17, 15) is 4.79 Å². The zero-order valence-corrected chi connectivity index (χ0v) is 7.67. The maximum atomic E-state index is 10.9. The molecule has 3 nitrogen and oxygen atoms in total. The number of hydrogen-bond acceptors (Lipinski definition) is 3. The van der Waals surface area contributed by atoms with Gasteiger partial charge < -0.3 is 4.74 Å². The first kappa shape index (κ1) is 11.0. The summed E-state index contributed by atoms with van der Waals surface area (Å²) in [6, 6.07) is 1.94. The summed E-state index contributed by atoms with van der Waals surface area (Å²) in [6.07, 6.45) is 3.70. The fraction of sp³-hybridized carbons (Fsp3) is 0.778. The van der Waals surface area contributed by atoms with Crippen LogP contribution >= 0.6 is 0 Å². The second kappa shape index (κ2) is 6.66. The van der Waals surface area contributed by atoms with Crippen molar-refractivity contribution in [3.63, 3.8) is 0 Å². The third-order valence-electron chi connectivity index (χ3n) is 1.74. The molecule has 1 atom stereocenters. The van der Waals surface area contributed by atoms with Gasteiger partial charge in [-0.15, -0.1) is 0 Å². The molecule has 0 radical (unpaired) electrons. The van der Waals surface area contributed by atoms with Gasteiger partial charge in [0.1, 0.15) is 5.92 Å². The second-order valence-electron chi connectivity index (χ2n) is 2.70. The Hall–Kier alpha value is -1.04. The number of esters is 1. The van der Waals surface area contributed by atoms with Crippen LogP contribution in [0.3, 0.4) is 0 Å². The molecular formula is C9H15NO2. The third-order valence-corrected chi connectivity index (χ3v) is 1.74. The maximum Gasteiger partial charge on any atom is 0.323 e. The summed E-state index contributed by atoms with van der Waals surface area (Å²) in [5, 5.41) is 8.58. The third kappa shape index (κ3) is 3.97. The number of nitriles is 1. The minimum Gasteiger partial charge on any atom is -0.468 e. The van der Waals surface area contributed by atoms with Crippen LogP contribution in [0.2, 0.25) is 0 Å². The van der Waals surface area contributed by atoms with Gasteiger partial charge in [0.05, 0.1) is 13.2 Å². The van der Waals surface area contributed by atoms with Crippen LogP contribution in [-0.2, 0) is 9.53 Å². The first-order valence-corrected chi connectivity index (χ1v) is 4.23. The van der Waals surface area contributed by atoms with E-state index in [-0.39, 0.29) is 0 Å². The fourth-order valence-electron chi connectivity index (χ4n) is 0.976. The van der Waals surface area contributed by atoms with Gasteiger partial charge in [-0.2, -0.15) is 5.26 Å². The Balaban J connectivity index is 3.70. The van der Waals surface area contributed by atoms with Crippen LogP contribution in [0.1, 0.15) is 32.6 Å². The SMILES string of the molecule is CCCCCC(C#N)C(=O)OC. The van der Waals surface area contributed by atoms with E-state index >= 15 is 0 Å². The van der Waals surface area contributed by atoms with E-state index in [0.29, 0.717) is 6.42 Å². The Morgan fingerprint density at radius 2 is 2.25 bits per heavy atom. The van der Waals surface area contributed by atoms with Gasteiger partial charge in [-0.05, 0) is 6.42 Å². The Bertz CT molecular complexity index is 172. The van der Waals surface area contributed by atoms with Crippen molar-refractivity contribution in [3.05, 3.63) is 0 Å². The summed E-state index contributed by atoms with van der Waals surface area (Å²) in [7, 11) is 1.31. The lowest BCUT2D eigenvalue weighted by atomic mass is 10.0. The van der Waals surface area contributed by atoms with E-state index in [1.807, 2.05) is 6.07 Å². The van der Waals surface area contributed by atoms with Crippen LogP contribution < -0.4 is 0 Å². The standard InChI is InChI=1S/C9H15NO2/c1-3-4-5-6-8(7-10)9(11)12-2/h8H,3-6H2,1-2H3. The normalized spacial score (nSPS) is 11.8. The Morgan fingerprint density at radius 1 is 1.58 bits per heavy atom. The van der Waals surface area contributed by atoms with Crippen molar-refractivity contribution in [1.29, 1.82) is 5.26 Å². The van der Waals surface area contributed by atoms with E-state index in [1.165, 1.54) is 7.11 Å². The average Bonchev–Trinajstić information content (AvgIpc) is 2.11. The molecule has 0 amide bonds. The number of carbonyl (C=O) groups is 1. The fourth-order valence-corrected chi connectivity index (χ4v) is 0.976. The van der Waals surface area contributed by atoms with Crippen LogP contribution in [0, 0.1) is 17.2 Å². The Morgan fingerprint density at radius 3 is 2.67 bits per heavy atom. The molecule has 0 bridgehead atoms. The van der Waals surface area contributed by atoms with Crippen molar-refractivity contribution >= 4 is 5.97 Å². The highest BCUT2D eigenvalue weighted by molar-refractivity contribution is 5.74. The summed E-state index contributed by atoms with van der Waals surface area (Å²) in [5.41, 5.74) is 0. The van der Waals surface area contributed by atoms with E-state index < -0.39 is 11.9 Å². The van der Waals surface area contributed by atoms with Crippen LogP contribution in [-0.4, -0.2) is 13.1 Å². The highest BCUT2D eigenvalue weighted by Crippen LogP contribution is 2.10. The molecule has 0 N–H and O–H groups in total. The van der Waals surface area contributed by atoms with Gasteiger partial charge in [0.15, 0.2) is 0 Å². The summed E-state index contributed by atoms with van der Waals surface area (Å²) >= 11 is 0. The van der Waals surface area contributed by atoms with Gasteiger partial charge in [0.2, 0.25) is 0 Å². The number of rotatable bonds is 5. The number of methoxy groups -OCH3 is 1. The minimum absolute atomic E-state index is 0.409. The molecule has 1 unspecified atom stereocenters. The molecule has 0 aliphatic carbocycles. The lowest BCUT2D eigenvalue weighted by molar-refractivity contribution is -0.143. The molecule has 0 aliphatic heterocycles. The molecule has 0 aliphatic rings. The van der Waals surface area contributed by atoms with Crippen molar-refractivity contribution in [2.45, 2.75) is 32.6 Å². The largest absolute Gasteiger partial charge is 0.468 e. The zero-order chi connectivity index (χ0) is 9.40. The lowest BCUT2D eigenvalue weighted by Gasteiger charge is -2.04. The van der Waals surface area contributed by atoms with Crippen molar-refractivity contribution in [2.75, 3.05) is 7.11 Å². The number of ether oxygens (including phenoxy) is 1. The van der Waals surface area contributed by atoms with Crippen LogP contribution in [0.15, 0.2) is 0 Å². The van der Waals surface area contributed by atoms with Gasteiger partial charge in [-0.3, -0.25) is 4.79 Å². The molecule has 0 heterocycles. The zero-order valence-electron chi connectivity index (χ0n) is 7.67. The van der Waals surface area contributed by atoms with Crippen molar-refractivity contribution in [1.82, 2.24) is 0 Å². The second-order valence-corrected chi connectivity index (χ2v) is 2.70. The van der Waals surface area contributed by atoms with E-state index in [0.717, 1.165) is 19.3 Å². The van der Waals surface area contributed by atoms with Crippen molar-refractivity contribution in [3.8, 4) is 6.07 Å². The topological polar surface area (TPSA) is 50.1 Å². The van der Waals surface area contributed by atoms with Crippen LogP contribution in [0.25, 0.3) is 0 Å². The quantitative estimate of drug-likeness (QED) is 0.466. The summed E-state index contributed by atoms with van der Waals surface area (Å²) in [4.78, 5) is 10.9. The Labute approximate surface area is 73.3 Å². The molecule has 0 fully saturated rings. The molecule has 3 heteroatoms. The molecule has 0 aromatic heterocycles. The van der Waals surface area contributed by atoms with E-state index in [2.05, 4.69) is 11.7 Å². The summed E-state index contributed by atoms with van der Waals surface area (Å²) < 4.78 is 4.47. The molecule has 0 saturated heterocycles. The molecular weight excluding hydrogens is 154 g/mol. The highest BCUT2D eigenvalue weighted by Gasteiger charge is 2.16. The molecule has 0 aromatic carbocycles. The summed E-state index contributed by atoms with van der Waals surface area (Å²) in [6.45, 7) is 2.08. The number of unbranched alkanes of at least 4 members (excludes halogenated alkanes) is 2. The smallest absolute Gasteiger partial charge is 0.323 e. The van der Waals surface area contributed by atoms with Crippen molar-refractivity contribution in [2.24, 2.45) is 5.92 Å². The van der Waals surface area contributed by atoms with Gasteiger partial charge in [-0.1, -0.05) is 26.2 Å². The number of nitrogens with zero attached hydrogens (tertiary/aromatic N) is 1. The van der Waals surface area contributed by atoms with Crippen LogP contribution in [0.5, 0.6) is 0 Å². The number of hydrogen-bond donors (Lipinski definition) is 0. The van der Waals surface area contributed by atoms with E-state index in [4.69, 9.17) is 5.26 Å². The Kier molecular flexibility index (Phi) is 6.08. The summed E-state index contributed by atoms with van der Waals surface area (Å²) in [5.74, 6) is -0.977. The van der Waals surface area contributed by atoms with Gasteiger partial charge in [-0.25, -0.2) is 0 Å². The van der Waals surface area contributed by atoms with Gasteiger partial charge in [0.25, 0.3) is 0 Å². The molecule has 0 spiro atoms. The first-order valence-electron chi connectivity index (χ1n) is 4.23. The van der Waals surface area contributed by atoms with Gasteiger partial charge >= 0.3 is 5.97 Å². The molecule has 68 valence electrons. The number of carbonyl (C=O) groups excluding carboxylic acids is 1. The highest BCUT2D eigenvalue weighted by atomic mass is 16.5. The average molecular weight is 169 g/mol. The maximum absolute atomic E-state index is 10.9. The molecule has 0 rings (SSSR count). The van der Waals surface area contributed by atoms with Gasteiger partial charge in [0, 0.05) is 0 Å². The molecule has 12 heavy (non-hydrogen) atoms. The van der Waals surface area contributed by atoms with E-state index in [1.54, 1.807) is 0 Å². The van der Waals surface area contributed by atoms with Crippen molar-refractivity contribution < 1.29 is 9.53 Å². The predicted octanol–water partition coefficient (Wildman–Crippen LogP) is 1.88. The monoisotopic (exact) mass is 169 g/mol. The van der Waals surface area contributed by atoms with Crippen LogP contribution in [0.4, 0.5) is 0 Å². The predicted molar refractivity (Wildman–Crippen MR) is 45.3 cm³/mol.